The number of hydrogen-bond donors (Lipinski definition) is 0. The average molecular weight is 240 g/mol. The van der Waals surface area contributed by atoms with Gasteiger partial charge in [0.25, 0.3) is 6.43 Å². The van der Waals surface area contributed by atoms with Gasteiger partial charge in [-0.25, -0.2) is 18.6 Å². The van der Waals surface area contributed by atoms with Gasteiger partial charge in [0.2, 0.25) is 0 Å². The molecule has 0 saturated heterocycles. The molecule has 1 aromatic rings. The molecule has 1 aromatic heterocycles. The number of ether oxygens (including phenoxy) is 1. The maximum atomic E-state index is 12.9. The number of nitriles is 1. The number of nitrogens with zero attached hydrogens (tertiary/aromatic N) is 2. The number of esters is 1. The number of halogens is 2. The molecule has 0 radical (unpaired) electrons. The van der Waals surface area contributed by atoms with Gasteiger partial charge in [-0.05, 0) is 19.4 Å². The Morgan fingerprint density at radius 2 is 2.29 bits per heavy atom. The molecule has 90 valence electrons. The van der Waals surface area contributed by atoms with Crippen LogP contribution in [0.5, 0.6) is 0 Å². The van der Waals surface area contributed by atoms with Crippen molar-refractivity contribution in [3.05, 3.63) is 28.6 Å². The molecule has 0 amide bonds. The number of alkyl halides is 2. The predicted molar refractivity (Wildman–Crippen MR) is 54.6 cm³/mol. The van der Waals surface area contributed by atoms with Crippen LogP contribution in [0.1, 0.15) is 40.5 Å². The van der Waals surface area contributed by atoms with Gasteiger partial charge in [0.05, 0.1) is 6.61 Å². The van der Waals surface area contributed by atoms with E-state index in [1.165, 1.54) is 6.92 Å². The van der Waals surface area contributed by atoms with Crippen LogP contribution in [0.25, 0.3) is 0 Å². The van der Waals surface area contributed by atoms with E-state index in [4.69, 9.17) is 5.26 Å². The maximum Gasteiger partial charge on any atom is 0.341 e. The van der Waals surface area contributed by atoms with Crippen LogP contribution >= 0.6 is 0 Å². The van der Waals surface area contributed by atoms with Gasteiger partial charge in [0, 0.05) is 11.8 Å². The summed E-state index contributed by atoms with van der Waals surface area (Å²) in [6.07, 6.45) is -1.72. The summed E-state index contributed by atoms with van der Waals surface area (Å²) in [5.41, 5.74) is -1.12. The Balaban J connectivity index is 3.47. The van der Waals surface area contributed by atoms with E-state index in [-0.39, 0.29) is 17.9 Å². The van der Waals surface area contributed by atoms with Gasteiger partial charge in [-0.1, -0.05) is 0 Å². The van der Waals surface area contributed by atoms with E-state index in [1.54, 1.807) is 13.0 Å². The van der Waals surface area contributed by atoms with Crippen LogP contribution in [0.2, 0.25) is 0 Å². The van der Waals surface area contributed by atoms with Crippen molar-refractivity contribution in [3.63, 3.8) is 0 Å². The Labute approximate surface area is 96.8 Å². The quantitative estimate of drug-likeness (QED) is 0.761. The highest BCUT2D eigenvalue weighted by molar-refractivity contribution is 5.93. The Kier molecular flexibility index (Phi) is 4.10. The van der Waals surface area contributed by atoms with Crippen molar-refractivity contribution < 1.29 is 18.3 Å². The molecule has 0 unspecified atom stereocenters. The van der Waals surface area contributed by atoms with Gasteiger partial charge in [-0.2, -0.15) is 5.26 Å². The predicted octanol–water partition coefficient (Wildman–Crippen LogP) is 2.38. The van der Waals surface area contributed by atoms with E-state index in [0.29, 0.717) is 0 Å². The minimum absolute atomic E-state index is 0.0420. The number of rotatable bonds is 3. The van der Waals surface area contributed by atoms with Crippen LogP contribution in [-0.2, 0) is 4.74 Å². The summed E-state index contributed by atoms with van der Waals surface area (Å²) in [4.78, 5) is 15.2. The van der Waals surface area contributed by atoms with E-state index in [0.717, 1.165) is 6.20 Å². The van der Waals surface area contributed by atoms with Crippen molar-refractivity contribution >= 4 is 5.97 Å². The summed E-state index contributed by atoms with van der Waals surface area (Å²) in [6, 6.07) is 1.61. The molecule has 0 aromatic carbocycles. The summed E-state index contributed by atoms with van der Waals surface area (Å²) >= 11 is 0. The van der Waals surface area contributed by atoms with Crippen molar-refractivity contribution in [3.8, 4) is 6.07 Å². The van der Waals surface area contributed by atoms with Crippen LogP contribution < -0.4 is 0 Å². The number of aryl methyl sites for hydroxylation is 1. The summed E-state index contributed by atoms with van der Waals surface area (Å²) in [6.45, 7) is 2.99. The van der Waals surface area contributed by atoms with Gasteiger partial charge < -0.3 is 4.74 Å². The molecule has 0 aliphatic heterocycles. The zero-order valence-electron chi connectivity index (χ0n) is 9.33. The lowest BCUT2D eigenvalue weighted by molar-refractivity contribution is 0.0514. The molecule has 0 atom stereocenters. The van der Waals surface area contributed by atoms with Crippen molar-refractivity contribution in [2.45, 2.75) is 20.3 Å². The Bertz CT molecular complexity index is 481. The second-order valence-corrected chi connectivity index (χ2v) is 3.21. The first kappa shape index (κ1) is 13.0. The van der Waals surface area contributed by atoms with E-state index in [9.17, 15) is 13.6 Å². The zero-order chi connectivity index (χ0) is 13.0. The van der Waals surface area contributed by atoms with E-state index in [2.05, 4.69) is 9.72 Å². The molecule has 0 fully saturated rings. The minimum Gasteiger partial charge on any atom is -0.462 e. The first-order valence-electron chi connectivity index (χ1n) is 4.87. The number of hydrogen-bond acceptors (Lipinski definition) is 4. The van der Waals surface area contributed by atoms with Crippen molar-refractivity contribution in [2.24, 2.45) is 0 Å². The second-order valence-electron chi connectivity index (χ2n) is 3.21. The highest BCUT2D eigenvalue weighted by atomic mass is 19.3. The molecule has 0 bridgehead atoms. The molecule has 1 heterocycles. The highest BCUT2D eigenvalue weighted by Gasteiger charge is 2.26. The van der Waals surface area contributed by atoms with Gasteiger partial charge in [0.15, 0.2) is 5.69 Å². The average Bonchev–Trinajstić information content (AvgIpc) is 2.28. The lowest BCUT2D eigenvalue weighted by Crippen LogP contribution is -2.13. The van der Waals surface area contributed by atoms with Gasteiger partial charge in [-0.15, -0.1) is 0 Å². The van der Waals surface area contributed by atoms with Crippen molar-refractivity contribution in [2.75, 3.05) is 6.61 Å². The van der Waals surface area contributed by atoms with Gasteiger partial charge >= 0.3 is 5.97 Å². The molecule has 4 nitrogen and oxygen atoms in total. The normalized spacial score (nSPS) is 10.1. The van der Waals surface area contributed by atoms with Crippen LogP contribution in [-0.4, -0.2) is 17.6 Å². The monoisotopic (exact) mass is 240 g/mol. The van der Waals surface area contributed by atoms with E-state index >= 15 is 0 Å². The second kappa shape index (κ2) is 5.34. The first-order chi connectivity index (χ1) is 8.02. The van der Waals surface area contributed by atoms with E-state index in [1.807, 2.05) is 0 Å². The molecule has 0 spiro atoms. The molecule has 0 N–H and O–H groups in total. The van der Waals surface area contributed by atoms with Gasteiger partial charge in [-0.3, -0.25) is 0 Å². The van der Waals surface area contributed by atoms with Crippen LogP contribution in [0.15, 0.2) is 6.20 Å². The molecule has 1 rings (SSSR count). The van der Waals surface area contributed by atoms with Crippen LogP contribution in [0.3, 0.4) is 0 Å². The summed E-state index contributed by atoms with van der Waals surface area (Å²) in [7, 11) is 0. The van der Waals surface area contributed by atoms with E-state index < -0.39 is 23.5 Å². The fourth-order valence-electron chi connectivity index (χ4n) is 1.40. The molecule has 17 heavy (non-hydrogen) atoms. The smallest absolute Gasteiger partial charge is 0.341 e. The third kappa shape index (κ3) is 2.56. The largest absolute Gasteiger partial charge is 0.462 e. The van der Waals surface area contributed by atoms with Crippen LogP contribution in [0, 0.1) is 18.3 Å². The first-order valence-corrected chi connectivity index (χ1v) is 4.87. The Morgan fingerprint density at radius 1 is 1.65 bits per heavy atom. The lowest BCUT2D eigenvalue weighted by Gasteiger charge is -2.11. The fourth-order valence-corrected chi connectivity index (χ4v) is 1.40. The molecular weight excluding hydrogens is 230 g/mol. The minimum atomic E-state index is -2.86. The topological polar surface area (TPSA) is 63.0 Å². The van der Waals surface area contributed by atoms with Gasteiger partial charge in [0.1, 0.15) is 11.6 Å². The highest BCUT2D eigenvalue weighted by Crippen LogP contribution is 2.28. The standard InChI is InChI=1S/C11H10F2N2O2/c1-3-17-11(16)9-7(4-14)15-5-6(2)8(9)10(12)13/h5,10H,3H2,1-2H3. The number of pyridine rings is 1. The maximum absolute atomic E-state index is 12.9. The summed E-state index contributed by atoms with van der Waals surface area (Å²) in [5, 5.41) is 8.77. The summed E-state index contributed by atoms with van der Waals surface area (Å²) in [5.74, 6) is -0.949. The molecular formula is C11H10F2N2O2. The molecule has 0 saturated carbocycles. The SMILES string of the molecule is CCOC(=O)c1c(C#N)ncc(C)c1C(F)F. The third-order valence-corrected chi connectivity index (χ3v) is 2.12. The number of carbonyl (C=O) groups excluding carboxylic acids is 1. The summed E-state index contributed by atoms with van der Waals surface area (Å²) < 4.78 is 30.4. The lowest BCUT2D eigenvalue weighted by atomic mass is 10.0. The Morgan fingerprint density at radius 3 is 2.76 bits per heavy atom. The molecule has 0 aliphatic rings. The molecule has 0 aliphatic carbocycles. The number of aromatic nitrogens is 1. The Hall–Kier alpha value is -2.03. The molecule has 6 heteroatoms. The van der Waals surface area contributed by atoms with Crippen molar-refractivity contribution in [1.82, 2.24) is 4.98 Å². The van der Waals surface area contributed by atoms with Crippen molar-refractivity contribution in [1.29, 1.82) is 5.26 Å². The zero-order valence-corrected chi connectivity index (χ0v) is 9.33. The third-order valence-electron chi connectivity index (χ3n) is 2.12. The number of carbonyl (C=O) groups is 1. The fraction of sp³-hybridized carbons (Fsp3) is 0.364. The van der Waals surface area contributed by atoms with Crippen LogP contribution in [0.4, 0.5) is 8.78 Å².